The number of aryl methyl sites for hydroxylation is 1. The molecule has 0 amide bonds. The topological polar surface area (TPSA) is 73.3 Å². The third kappa shape index (κ3) is 2.81. The molecule has 1 heterocycles. The van der Waals surface area contributed by atoms with Crippen molar-refractivity contribution in [2.45, 2.75) is 31.9 Å². The number of aromatic nitrogens is 2. The summed E-state index contributed by atoms with van der Waals surface area (Å²) in [4.78, 5) is 4.22. The number of nitrogens with zero attached hydrogens (tertiary/aromatic N) is 2. The van der Waals surface area contributed by atoms with E-state index in [1.807, 2.05) is 17.7 Å². The SMILES string of the molecule is CCn1ccnc1C(O)(CCCN)COC. The molecule has 0 aliphatic heterocycles. The lowest BCUT2D eigenvalue weighted by atomic mass is 9.97. The van der Waals surface area contributed by atoms with Crippen molar-refractivity contribution in [2.24, 2.45) is 5.73 Å². The average Bonchev–Trinajstić information content (AvgIpc) is 2.75. The highest BCUT2D eigenvalue weighted by atomic mass is 16.5. The monoisotopic (exact) mass is 227 g/mol. The molecule has 1 rings (SSSR count). The Hall–Kier alpha value is -0.910. The maximum atomic E-state index is 10.6. The van der Waals surface area contributed by atoms with Crippen molar-refractivity contribution in [3.05, 3.63) is 18.2 Å². The van der Waals surface area contributed by atoms with Crippen LogP contribution >= 0.6 is 0 Å². The molecular formula is C11H21N3O2. The summed E-state index contributed by atoms with van der Waals surface area (Å²) in [5, 5.41) is 10.6. The van der Waals surface area contributed by atoms with E-state index >= 15 is 0 Å². The molecule has 0 saturated heterocycles. The number of imidazole rings is 1. The van der Waals surface area contributed by atoms with E-state index in [-0.39, 0.29) is 6.61 Å². The number of ether oxygens (including phenoxy) is 1. The van der Waals surface area contributed by atoms with Crippen LogP contribution in [0.4, 0.5) is 0 Å². The lowest BCUT2D eigenvalue weighted by molar-refractivity contribution is -0.0516. The van der Waals surface area contributed by atoms with Gasteiger partial charge < -0.3 is 20.1 Å². The molecule has 0 spiro atoms. The van der Waals surface area contributed by atoms with Gasteiger partial charge in [0.15, 0.2) is 0 Å². The van der Waals surface area contributed by atoms with Crippen molar-refractivity contribution >= 4 is 0 Å². The Balaban J connectivity index is 2.91. The minimum Gasteiger partial charge on any atom is -0.381 e. The van der Waals surface area contributed by atoms with E-state index in [1.165, 1.54) is 0 Å². The van der Waals surface area contributed by atoms with Crippen LogP contribution in [0.2, 0.25) is 0 Å². The smallest absolute Gasteiger partial charge is 0.145 e. The van der Waals surface area contributed by atoms with Gasteiger partial charge in [0.2, 0.25) is 0 Å². The van der Waals surface area contributed by atoms with Gasteiger partial charge in [0, 0.05) is 26.0 Å². The summed E-state index contributed by atoms with van der Waals surface area (Å²) in [7, 11) is 1.58. The van der Waals surface area contributed by atoms with Gasteiger partial charge in [-0.25, -0.2) is 4.98 Å². The first-order valence-electron chi connectivity index (χ1n) is 5.61. The van der Waals surface area contributed by atoms with Gasteiger partial charge in [-0.05, 0) is 26.3 Å². The van der Waals surface area contributed by atoms with Gasteiger partial charge in [0.25, 0.3) is 0 Å². The lowest BCUT2D eigenvalue weighted by Crippen LogP contribution is -2.35. The molecule has 5 heteroatoms. The normalized spacial score (nSPS) is 15.0. The fraction of sp³-hybridized carbons (Fsp3) is 0.727. The number of methoxy groups -OCH3 is 1. The van der Waals surface area contributed by atoms with Gasteiger partial charge in [0.1, 0.15) is 11.4 Å². The second kappa shape index (κ2) is 5.98. The Morgan fingerprint density at radius 2 is 2.38 bits per heavy atom. The van der Waals surface area contributed by atoms with E-state index in [9.17, 15) is 5.11 Å². The maximum Gasteiger partial charge on any atom is 0.145 e. The van der Waals surface area contributed by atoms with Crippen LogP contribution in [0.15, 0.2) is 12.4 Å². The highest BCUT2D eigenvalue weighted by Crippen LogP contribution is 2.25. The third-order valence-corrected chi connectivity index (χ3v) is 2.65. The number of rotatable bonds is 7. The van der Waals surface area contributed by atoms with Crippen LogP contribution in [0.3, 0.4) is 0 Å². The zero-order valence-corrected chi connectivity index (χ0v) is 10.0. The van der Waals surface area contributed by atoms with E-state index in [1.54, 1.807) is 13.3 Å². The summed E-state index contributed by atoms with van der Waals surface area (Å²) in [6, 6.07) is 0. The van der Waals surface area contributed by atoms with Crippen LogP contribution in [0, 0.1) is 0 Å². The molecule has 0 fully saturated rings. The first-order valence-corrected chi connectivity index (χ1v) is 5.61. The summed E-state index contributed by atoms with van der Waals surface area (Å²) in [6.07, 6.45) is 4.87. The van der Waals surface area contributed by atoms with Crippen molar-refractivity contribution in [3.63, 3.8) is 0 Å². The van der Waals surface area contributed by atoms with E-state index in [0.717, 1.165) is 13.0 Å². The van der Waals surface area contributed by atoms with Crippen LogP contribution < -0.4 is 5.73 Å². The van der Waals surface area contributed by atoms with Crippen LogP contribution in [0.1, 0.15) is 25.6 Å². The Morgan fingerprint density at radius 3 is 2.94 bits per heavy atom. The summed E-state index contributed by atoms with van der Waals surface area (Å²) < 4.78 is 7.01. The van der Waals surface area contributed by atoms with E-state index in [2.05, 4.69) is 4.98 Å². The number of aliphatic hydroxyl groups is 1. The molecule has 92 valence electrons. The predicted octanol–water partition coefficient (Wildman–Crippen LogP) is 0.476. The molecule has 0 bridgehead atoms. The minimum atomic E-state index is -1.03. The van der Waals surface area contributed by atoms with Gasteiger partial charge >= 0.3 is 0 Å². The first kappa shape index (κ1) is 13.2. The highest BCUT2D eigenvalue weighted by Gasteiger charge is 2.33. The Labute approximate surface area is 96.2 Å². The fourth-order valence-electron chi connectivity index (χ4n) is 1.85. The summed E-state index contributed by atoms with van der Waals surface area (Å²) in [5.41, 5.74) is 4.44. The van der Waals surface area contributed by atoms with Crippen LogP contribution in [0.5, 0.6) is 0 Å². The van der Waals surface area contributed by atoms with Crippen molar-refractivity contribution in [2.75, 3.05) is 20.3 Å². The molecule has 5 nitrogen and oxygen atoms in total. The van der Waals surface area contributed by atoms with Gasteiger partial charge in [-0.3, -0.25) is 0 Å². The second-order valence-corrected chi connectivity index (χ2v) is 3.89. The molecule has 1 aromatic rings. The molecule has 3 N–H and O–H groups in total. The van der Waals surface area contributed by atoms with E-state index < -0.39 is 5.60 Å². The molecular weight excluding hydrogens is 206 g/mol. The molecule has 1 unspecified atom stereocenters. The third-order valence-electron chi connectivity index (χ3n) is 2.65. The molecule has 1 aromatic heterocycles. The van der Waals surface area contributed by atoms with Crippen molar-refractivity contribution in [1.82, 2.24) is 9.55 Å². The van der Waals surface area contributed by atoms with E-state index in [0.29, 0.717) is 18.8 Å². The minimum absolute atomic E-state index is 0.240. The zero-order valence-electron chi connectivity index (χ0n) is 10.0. The molecule has 0 aliphatic rings. The quantitative estimate of drug-likeness (QED) is 0.710. The zero-order chi connectivity index (χ0) is 12.0. The van der Waals surface area contributed by atoms with Gasteiger partial charge in [0.05, 0.1) is 6.61 Å². The predicted molar refractivity (Wildman–Crippen MR) is 62.0 cm³/mol. The maximum absolute atomic E-state index is 10.6. The summed E-state index contributed by atoms with van der Waals surface area (Å²) in [6.45, 7) is 3.59. The van der Waals surface area contributed by atoms with Crippen molar-refractivity contribution < 1.29 is 9.84 Å². The van der Waals surface area contributed by atoms with Crippen LogP contribution in [-0.2, 0) is 16.9 Å². The molecule has 0 aromatic carbocycles. The summed E-state index contributed by atoms with van der Waals surface area (Å²) in [5.74, 6) is 0.658. The Morgan fingerprint density at radius 1 is 1.62 bits per heavy atom. The fourth-order valence-corrected chi connectivity index (χ4v) is 1.85. The molecule has 0 aliphatic carbocycles. The molecule has 16 heavy (non-hydrogen) atoms. The van der Waals surface area contributed by atoms with E-state index in [4.69, 9.17) is 10.5 Å². The molecule has 1 atom stereocenters. The first-order chi connectivity index (χ1) is 7.68. The molecule has 0 saturated carbocycles. The van der Waals surface area contributed by atoms with Crippen LogP contribution in [-0.4, -0.2) is 34.9 Å². The standard InChI is InChI=1S/C11H21N3O2/c1-3-14-8-7-13-10(14)11(15,9-16-2)5-4-6-12/h7-8,15H,3-6,9,12H2,1-2H3. The van der Waals surface area contributed by atoms with Gasteiger partial charge in [-0.2, -0.15) is 0 Å². The number of hydrogen-bond donors (Lipinski definition) is 2. The van der Waals surface area contributed by atoms with Gasteiger partial charge in [-0.1, -0.05) is 0 Å². The Bertz CT molecular complexity index is 314. The average molecular weight is 227 g/mol. The number of nitrogens with two attached hydrogens (primary N) is 1. The number of hydrogen-bond acceptors (Lipinski definition) is 4. The highest BCUT2D eigenvalue weighted by molar-refractivity contribution is 5.05. The second-order valence-electron chi connectivity index (χ2n) is 3.89. The van der Waals surface area contributed by atoms with Crippen molar-refractivity contribution in [3.8, 4) is 0 Å². The van der Waals surface area contributed by atoms with Crippen LogP contribution in [0.25, 0.3) is 0 Å². The Kier molecular flexibility index (Phi) is 4.92. The molecule has 0 radical (unpaired) electrons. The lowest BCUT2D eigenvalue weighted by Gasteiger charge is -2.27. The summed E-state index contributed by atoms with van der Waals surface area (Å²) >= 11 is 0. The largest absolute Gasteiger partial charge is 0.381 e. The van der Waals surface area contributed by atoms with Crippen molar-refractivity contribution in [1.29, 1.82) is 0 Å². The van der Waals surface area contributed by atoms with Gasteiger partial charge in [-0.15, -0.1) is 0 Å².